The van der Waals surface area contributed by atoms with Crippen LogP contribution in [-0.4, -0.2) is 22.1 Å². The van der Waals surface area contributed by atoms with Crippen molar-refractivity contribution in [3.05, 3.63) is 52.8 Å². The van der Waals surface area contributed by atoms with Gasteiger partial charge in [-0.1, -0.05) is 0 Å². The van der Waals surface area contributed by atoms with E-state index in [1.165, 1.54) is 25.3 Å². The highest BCUT2D eigenvalue weighted by atomic mass is 32.1. The molecular formula is C13H12N4O3S. The number of ether oxygens (including phenoxy) is 1. The van der Waals surface area contributed by atoms with Crippen molar-refractivity contribution in [2.24, 2.45) is 0 Å². The summed E-state index contributed by atoms with van der Waals surface area (Å²) in [7, 11) is 1.48. The Kier molecular flexibility index (Phi) is 4.62. The first-order valence-corrected chi connectivity index (χ1v) is 6.31. The minimum atomic E-state index is -0.484. The molecule has 0 atom stereocenters. The molecule has 108 valence electrons. The molecule has 2 rings (SSSR count). The largest absolute Gasteiger partial charge is 0.495 e. The lowest BCUT2D eigenvalue weighted by molar-refractivity contribution is -0.384. The van der Waals surface area contributed by atoms with Crippen molar-refractivity contribution in [3.63, 3.8) is 0 Å². The molecule has 21 heavy (non-hydrogen) atoms. The number of hydrogen-bond donors (Lipinski definition) is 2. The highest BCUT2D eigenvalue weighted by molar-refractivity contribution is 7.80. The Morgan fingerprint density at radius 3 is 2.81 bits per heavy atom. The SMILES string of the molecule is COc1ccc([N+](=O)[O-])cc1NC(=S)Nc1cccnc1. The first kappa shape index (κ1) is 14.7. The van der Waals surface area contributed by atoms with Gasteiger partial charge in [0, 0.05) is 18.3 Å². The number of nitro groups is 1. The lowest BCUT2D eigenvalue weighted by Crippen LogP contribution is -2.19. The third kappa shape index (κ3) is 3.86. The number of anilines is 2. The van der Waals surface area contributed by atoms with E-state index in [9.17, 15) is 10.1 Å². The molecule has 0 unspecified atom stereocenters. The molecule has 0 spiro atoms. The Morgan fingerprint density at radius 2 is 2.19 bits per heavy atom. The molecule has 0 saturated carbocycles. The van der Waals surface area contributed by atoms with E-state index < -0.39 is 4.92 Å². The molecular weight excluding hydrogens is 292 g/mol. The van der Waals surface area contributed by atoms with Gasteiger partial charge in [-0.05, 0) is 30.4 Å². The second-order valence-corrected chi connectivity index (χ2v) is 4.37. The van der Waals surface area contributed by atoms with Crippen molar-refractivity contribution in [3.8, 4) is 5.75 Å². The summed E-state index contributed by atoms with van der Waals surface area (Å²) in [6.07, 6.45) is 3.25. The highest BCUT2D eigenvalue weighted by Crippen LogP contribution is 2.28. The number of nitrogens with one attached hydrogen (secondary N) is 2. The monoisotopic (exact) mass is 304 g/mol. The number of pyridine rings is 1. The van der Waals surface area contributed by atoms with Crippen LogP contribution in [-0.2, 0) is 0 Å². The fourth-order valence-electron chi connectivity index (χ4n) is 1.63. The van der Waals surface area contributed by atoms with Gasteiger partial charge in [0.2, 0.25) is 0 Å². The predicted molar refractivity (Wildman–Crippen MR) is 83.7 cm³/mol. The number of rotatable bonds is 4. The molecule has 2 N–H and O–H groups in total. The smallest absolute Gasteiger partial charge is 0.271 e. The summed E-state index contributed by atoms with van der Waals surface area (Å²) in [5.74, 6) is 0.455. The fourth-order valence-corrected chi connectivity index (χ4v) is 1.86. The number of non-ortho nitro benzene ring substituents is 1. The molecule has 1 aromatic heterocycles. The van der Waals surface area contributed by atoms with Crippen molar-refractivity contribution in [2.45, 2.75) is 0 Å². The van der Waals surface area contributed by atoms with E-state index in [1.807, 2.05) is 0 Å². The van der Waals surface area contributed by atoms with Crippen LogP contribution in [0.25, 0.3) is 0 Å². The summed E-state index contributed by atoms with van der Waals surface area (Å²) >= 11 is 5.16. The maximum Gasteiger partial charge on any atom is 0.271 e. The zero-order valence-electron chi connectivity index (χ0n) is 11.1. The average Bonchev–Trinajstić information content (AvgIpc) is 2.48. The number of thiocarbonyl (C=S) groups is 1. The number of hydrogen-bond acceptors (Lipinski definition) is 5. The predicted octanol–water partition coefficient (Wildman–Crippen LogP) is 2.81. The second-order valence-electron chi connectivity index (χ2n) is 3.96. The van der Waals surface area contributed by atoms with Gasteiger partial charge in [-0.2, -0.15) is 0 Å². The normalized spacial score (nSPS) is 9.76. The Labute approximate surface area is 126 Å². The number of methoxy groups -OCH3 is 1. The molecule has 0 bridgehead atoms. The Bertz CT molecular complexity index is 664. The van der Waals surface area contributed by atoms with Crippen molar-refractivity contribution in [1.82, 2.24) is 4.98 Å². The minimum Gasteiger partial charge on any atom is -0.495 e. The van der Waals surface area contributed by atoms with Crippen LogP contribution in [0.3, 0.4) is 0 Å². The summed E-state index contributed by atoms with van der Waals surface area (Å²) in [6, 6.07) is 7.79. The van der Waals surface area contributed by atoms with Crippen LogP contribution in [0.1, 0.15) is 0 Å². The molecule has 0 aliphatic heterocycles. The van der Waals surface area contributed by atoms with E-state index in [4.69, 9.17) is 17.0 Å². The van der Waals surface area contributed by atoms with Gasteiger partial charge in [0.1, 0.15) is 5.75 Å². The topological polar surface area (TPSA) is 89.3 Å². The summed E-state index contributed by atoms with van der Waals surface area (Å²) in [6.45, 7) is 0. The first-order valence-electron chi connectivity index (χ1n) is 5.90. The average molecular weight is 304 g/mol. The molecule has 7 nitrogen and oxygen atoms in total. The number of nitro benzene ring substituents is 1. The Balaban J connectivity index is 2.16. The lowest BCUT2D eigenvalue weighted by atomic mass is 10.2. The standard InChI is InChI=1S/C13H12N4O3S/c1-20-12-5-4-10(17(18)19)7-11(12)16-13(21)15-9-3-2-6-14-8-9/h2-8H,1H3,(H2,15,16,21). The Morgan fingerprint density at radius 1 is 1.38 bits per heavy atom. The molecule has 0 radical (unpaired) electrons. The van der Waals surface area contributed by atoms with E-state index >= 15 is 0 Å². The Hall–Kier alpha value is -2.74. The summed E-state index contributed by atoms with van der Waals surface area (Å²) in [4.78, 5) is 14.3. The molecule has 0 saturated heterocycles. The van der Waals surface area contributed by atoms with Gasteiger partial charge in [0.25, 0.3) is 5.69 Å². The first-order chi connectivity index (χ1) is 10.1. The van der Waals surface area contributed by atoms with Gasteiger partial charge in [-0.25, -0.2) is 0 Å². The van der Waals surface area contributed by atoms with Crippen molar-refractivity contribution >= 4 is 34.4 Å². The molecule has 0 amide bonds. The summed E-state index contributed by atoms with van der Waals surface area (Å²) < 4.78 is 5.15. The zero-order valence-corrected chi connectivity index (χ0v) is 11.9. The van der Waals surface area contributed by atoms with Crippen LogP contribution in [0.15, 0.2) is 42.7 Å². The molecule has 8 heteroatoms. The highest BCUT2D eigenvalue weighted by Gasteiger charge is 2.12. The van der Waals surface area contributed by atoms with Crippen LogP contribution < -0.4 is 15.4 Å². The van der Waals surface area contributed by atoms with Gasteiger partial charge in [0.05, 0.1) is 29.6 Å². The van der Waals surface area contributed by atoms with Gasteiger partial charge < -0.3 is 15.4 Å². The molecule has 1 aromatic carbocycles. The number of benzene rings is 1. The molecule has 0 fully saturated rings. The van der Waals surface area contributed by atoms with Gasteiger partial charge in [-0.15, -0.1) is 0 Å². The van der Waals surface area contributed by atoms with Crippen molar-refractivity contribution in [2.75, 3.05) is 17.7 Å². The lowest BCUT2D eigenvalue weighted by Gasteiger charge is -2.13. The van der Waals surface area contributed by atoms with E-state index in [1.54, 1.807) is 24.5 Å². The zero-order chi connectivity index (χ0) is 15.2. The number of nitrogens with zero attached hydrogens (tertiary/aromatic N) is 2. The van der Waals surface area contributed by atoms with Crippen LogP contribution in [0.2, 0.25) is 0 Å². The van der Waals surface area contributed by atoms with Crippen LogP contribution >= 0.6 is 12.2 Å². The summed E-state index contributed by atoms with van der Waals surface area (Å²) in [5.41, 5.74) is 1.06. The fraction of sp³-hybridized carbons (Fsp3) is 0.0769. The molecule has 0 aliphatic rings. The maximum atomic E-state index is 10.8. The minimum absolute atomic E-state index is 0.0533. The number of aromatic nitrogens is 1. The molecule has 0 aliphatic carbocycles. The van der Waals surface area contributed by atoms with Gasteiger partial charge in [-0.3, -0.25) is 15.1 Å². The van der Waals surface area contributed by atoms with Crippen LogP contribution in [0.5, 0.6) is 5.75 Å². The second kappa shape index (κ2) is 6.62. The molecule has 2 aromatic rings. The van der Waals surface area contributed by atoms with Gasteiger partial charge in [0.15, 0.2) is 5.11 Å². The van der Waals surface area contributed by atoms with Crippen LogP contribution in [0.4, 0.5) is 17.1 Å². The van der Waals surface area contributed by atoms with E-state index in [-0.39, 0.29) is 10.8 Å². The third-order valence-electron chi connectivity index (χ3n) is 2.56. The van der Waals surface area contributed by atoms with E-state index in [2.05, 4.69) is 15.6 Å². The van der Waals surface area contributed by atoms with E-state index in [0.717, 1.165) is 0 Å². The molecule has 1 heterocycles. The van der Waals surface area contributed by atoms with Gasteiger partial charge >= 0.3 is 0 Å². The van der Waals surface area contributed by atoms with Crippen molar-refractivity contribution < 1.29 is 9.66 Å². The summed E-state index contributed by atoms with van der Waals surface area (Å²) in [5, 5.41) is 16.9. The quantitative estimate of drug-likeness (QED) is 0.510. The van der Waals surface area contributed by atoms with E-state index in [0.29, 0.717) is 17.1 Å². The van der Waals surface area contributed by atoms with Crippen LogP contribution in [0, 0.1) is 10.1 Å². The maximum absolute atomic E-state index is 10.8. The van der Waals surface area contributed by atoms with Crippen molar-refractivity contribution in [1.29, 1.82) is 0 Å². The third-order valence-corrected chi connectivity index (χ3v) is 2.77.